The predicted molar refractivity (Wildman–Crippen MR) is 119 cm³/mol. The number of benzene rings is 2. The van der Waals surface area contributed by atoms with Gasteiger partial charge in [-0.1, -0.05) is 36.4 Å². The molecule has 0 spiro atoms. The van der Waals surface area contributed by atoms with Crippen LogP contribution >= 0.6 is 11.3 Å². The second kappa shape index (κ2) is 8.01. The number of carbonyl (C=O) groups is 1. The summed E-state index contributed by atoms with van der Waals surface area (Å²) < 4.78 is 18.6. The van der Waals surface area contributed by atoms with Gasteiger partial charge in [0.2, 0.25) is 6.79 Å². The van der Waals surface area contributed by atoms with Crippen molar-refractivity contribution in [2.45, 2.75) is 13.2 Å². The van der Waals surface area contributed by atoms with E-state index in [0.29, 0.717) is 21.7 Å². The number of ether oxygens (including phenoxy) is 3. The van der Waals surface area contributed by atoms with E-state index in [1.54, 1.807) is 25.2 Å². The van der Waals surface area contributed by atoms with E-state index in [1.165, 1.54) is 10.6 Å². The lowest BCUT2D eigenvalue weighted by molar-refractivity contribution is 0.0478. The highest BCUT2D eigenvalue weighted by Gasteiger charge is 2.20. The summed E-state index contributed by atoms with van der Waals surface area (Å²) in [6.45, 7) is 0.341. The molecule has 2 aromatic heterocycles. The van der Waals surface area contributed by atoms with E-state index in [1.807, 2.05) is 30.3 Å². The van der Waals surface area contributed by atoms with Gasteiger partial charge in [-0.15, -0.1) is 11.3 Å². The monoisotopic (exact) mass is 450 g/mol. The maximum atomic E-state index is 13.1. The highest BCUT2D eigenvalue weighted by molar-refractivity contribution is 7.20. The van der Waals surface area contributed by atoms with Gasteiger partial charge in [0.15, 0.2) is 11.5 Å². The van der Waals surface area contributed by atoms with Crippen molar-refractivity contribution in [1.29, 1.82) is 0 Å². The molecule has 8 nitrogen and oxygen atoms in total. The van der Waals surface area contributed by atoms with Crippen LogP contribution in [0.2, 0.25) is 0 Å². The number of fused-ring (bicyclic) bond motifs is 2. The van der Waals surface area contributed by atoms with Crippen molar-refractivity contribution in [3.05, 3.63) is 91.4 Å². The van der Waals surface area contributed by atoms with Crippen LogP contribution in [0.3, 0.4) is 0 Å². The normalized spacial score (nSPS) is 12.3. The molecule has 0 atom stereocenters. The summed E-state index contributed by atoms with van der Waals surface area (Å²) >= 11 is 1.07. The van der Waals surface area contributed by atoms with Gasteiger partial charge in [-0.25, -0.2) is 9.59 Å². The van der Waals surface area contributed by atoms with Gasteiger partial charge in [-0.3, -0.25) is 13.9 Å². The molecule has 162 valence electrons. The van der Waals surface area contributed by atoms with Crippen LogP contribution in [0.4, 0.5) is 0 Å². The molecule has 0 saturated heterocycles. The quantitative estimate of drug-likeness (QED) is 0.435. The molecule has 0 aliphatic carbocycles. The minimum atomic E-state index is -0.538. The second-order valence-electron chi connectivity index (χ2n) is 7.31. The van der Waals surface area contributed by atoms with Gasteiger partial charge in [0.1, 0.15) is 16.3 Å². The molecule has 1 aliphatic rings. The predicted octanol–water partition coefficient (Wildman–Crippen LogP) is 2.90. The first-order chi connectivity index (χ1) is 15.5. The van der Waals surface area contributed by atoms with Gasteiger partial charge in [0.25, 0.3) is 5.56 Å². The van der Waals surface area contributed by atoms with Crippen molar-refractivity contribution in [3.8, 4) is 11.5 Å². The van der Waals surface area contributed by atoms with Gasteiger partial charge in [0.05, 0.1) is 11.9 Å². The third-order valence-electron chi connectivity index (χ3n) is 5.20. The number of hydrogen-bond acceptors (Lipinski definition) is 7. The van der Waals surface area contributed by atoms with Crippen LogP contribution in [0, 0.1) is 0 Å². The Hall–Kier alpha value is -3.85. The summed E-state index contributed by atoms with van der Waals surface area (Å²) in [6, 6.07) is 16.1. The SMILES string of the molecule is Cn1c(=O)n(Cc2ccc3c(c2)OCO3)c(=O)c2cc(C(=O)OCc3ccccc3)sc21. The summed E-state index contributed by atoms with van der Waals surface area (Å²) in [5.41, 5.74) is 0.663. The fourth-order valence-electron chi connectivity index (χ4n) is 3.54. The van der Waals surface area contributed by atoms with Crippen molar-refractivity contribution in [2.75, 3.05) is 6.79 Å². The first-order valence-electron chi connectivity index (χ1n) is 9.84. The van der Waals surface area contributed by atoms with E-state index in [0.717, 1.165) is 27.0 Å². The zero-order chi connectivity index (χ0) is 22.2. The Morgan fingerprint density at radius 3 is 2.62 bits per heavy atom. The number of hydrogen-bond donors (Lipinski definition) is 0. The summed E-state index contributed by atoms with van der Waals surface area (Å²) in [7, 11) is 1.58. The first-order valence-corrected chi connectivity index (χ1v) is 10.7. The van der Waals surface area contributed by atoms with Crippen LogP contribution in [0.25, 0.3) is 10.2 Å². The van der Waals surface area contributed by atoms with Crippen LogP contribution in [-0.4, -0.2) is 21.9 Å². The van der Waals surface area contributed by atoms with Crippen LogP contribution in [0.5, 0.6) is 11.5 Å². The standard InChI is InChI=1S/C23H18N2O6S/c1-24-21-16(10-19(32-21)22(27)29-12-14-5-3-2-4-6-14)20(26)25(23(24)28)11-15-7-8-17-18(9-15)31-13-30-17/h2-10H,11-13H2,1H3. The molecule has 0 saturated carbocycles. The number of aryl methyl sites for hydroxylation is 1. The van der Waals surface area contributed by atoms with Gasteiger partial charge < -0.3 is 14.2 Å². The molecule has 5 rings (SSSR count). The van der Waals surface area contributed by atoms with E-state index < -0.39 is 17.2 Å². The minimum absolute atomic E-state index is 0.0712. The second-order valence-corrected chi connectivity index (χ2v) is 8.34. The number of carbonyl (C=O) groups excluding carboxylic acids is 1. The third kappa shape index (κ3) is 3.56. The zero-order valence-electron chi connectivity index (χ0n) is 17.1. The average Bonchev–Trinajstić information content (AvgIpc) is 3.47. The van der Waals surface area contributed by atoms with Crippen molar-refractivity contribution < 1.29 is 19.0 Å². The molecular formula is C23H18N2O6S. The van der Waals surface area contributed by atoms with Crippen LogP contribution < -0.4 is 20.7 Å². The lowest BCUT2D eigenvalue weighted by Gasteiger charge is -2.09. The molecule has 4 aromatic rings. The highest BCUT2D eigenvalue weighted by Crippen LogP contribution is 2.32. The Labute approximate surface area is 185 Å². The number of nitrogens with zero attached hydrogens (tertiary/aromatic N) is 2. The average molecular weight is 450 g/mol. The summed E-state index contributed by atoms with van der Waals surface area (Å²) in [6.07, 6.45) is 0. The summed E-state index contributed by atoms with van der Waals surface area (Å²) in [5.74, 6) is 0.664. The molecule has 0 fully saturated rings. The van der Waals surface area contributed by atoms with E-state index in [4.69, 9.17) is 14.2 Å². The zero-order valence-corrected chi connectivity index (χ0v) is 17.9. The summed E-state index contributed by atoms with van der Waals surface area (Å²) in [5, 5.41) is 0.296. The van der Waals surface area contributed by atoms with Crippen molar-refractivity contribution in [2.24, 2.45) is 7.05 Å². The van der Waals surface area contributed by atoms with Crippen molar-refractivity contribution >= 4 is 27.5 Å². The number of rotatable bonds is 5. The molecule has 2 aromatic carbocycles. The Bertz CT molecular complexity index is 1450. The smallest absolute Gasteiger partial charge is 0.348 e. The molecule has 0 unspecified atom stereocenters. The Balaban J connectivity index is 1.46. The molecule has 32 heavy (non-hydrogen) atoms. The molecular weight excluding hydrogens is 432 g/mol. The largest absolute Gasteiger partial charge is 0.457 e. The molecule has 9 heteroatoms. The molecule has 3 heterocycles. The first kappa shape index (κ1) is 20.1. The van der Waals surface area contributed by atoms with Crippen molar-refractivity contribution in [1.82, 2.24) is 9.13 Å². The Morgan fingerprint density at radius 1 is 1.03 bits per heavy atom. The maximum Gasteiger partial charge on any atom is 0.348 e. The Kier molecular flexibility index (Phi) is 5.02. The van der Waals surface area contributed by atoms with Gasteiger partial charge in [-0.2, -0.15) is 0 Å². The van der Waals surface area contributed by atoms with E-state index in [-0.39, 0.29) is 24.8 Å². The lowest BCUT2D eigenvalue weighted by atomic mass is 10.2. The van der Waals surface area contributed by atoms with Crippen LogP contribution in [-0.2, 0) is 24.9 Å². The fourth-order valence-corrected chi connectivity index (χ4v) is 4.54. The molecule has 0 amide bonds. The van der Waals surface area contributed by atoms with Gasteiger partial charge in [0, 0.05) is 7.05 Å². The molecule has 1 aliphatic heterocycles. The van der Waals surface area contributed by atoms with Crippen LogP contribution in [0.1, 0.15) is 20.8 Å². The van der Waals surface area contributed by atoms with Gasteiger partial charge in [-0.05, 0) is 29.3 Å². The van der Waals surface area contributed by atoms with Crippen LogP contribution in [0.15, 0.2) is 64.2 Å². The topological polar surface area (TPSA) is 88.8 Å². The number of esters is 1. The Morgan fingerprint density at radius 2 is 1.81 bits per heavy atom. The molecule has 0 N–H and O–H groups in total. The minimum Gasteiger partial charge on any atom is -0.457 e. The van der Waals surface area contributed by atoms with E-state index in [2.05, 4.69) is 0 Å². The molecule has 0 bridgehead atoms. The number of aromatic nitrogens is 2. The fraction of sp³-hybridized carbons (Fsp3) is 0.174. The van der Waals surface area contributed by atoms with E-state index in [9.17, 15) is 14.4 Å². The van der Waals surface area contributed by atoms with Gasteiger partial charge >= 0.3 is 11.7 Å². The van der Waals surface area contributed by atoms with E-state index >= 15 is 0 Å². The summed E-state index contributed by atoms with van der Waals surface area (Å²) in [4.78, 5) is 39.2. The molecule has 0 radical (unpaired) electrons. The van der Waals surface area contributed by atoms with Crippen molar-refractivity contribution in [3.63, 3.8) is 0 Å². The third-order valence-corrected chi connectivity index (χ3v) is 6.39. The highest BCUT2D eigenvalue weighted by atomic mass is 32.1. The lowest BCUT2D eigenvalue weighted by Crippen LogP contribution is -2.38. The number of thiophene rings is 1. The maximum absolute atomic E-state index is 13.1.